The Morgan fingerprint density at radius 2 is 2.00 bits per heavy atom. The normalized spacial score (nSPS) is 17.4. The predicted molar refractivity (Wildman–Crippen MR) is 44.2 cm³/mol. The van der Waals surface area contributed by atoms with Gasteiger partial charge in [0.2, 0.25) is 0 Å². The van der Waals surface area contributed by atoms with E-state index in [1.54, 1.807) is 7.11 Å². The molecule has 0 aliphatic heterocycles. The van der Waals surface area contributed by atoms with Gasteiger partial charge < -0.3 is 10.1 Å². The molecule has 0 aromatic rings. The zero-order chi connectivity index (χ0) is 8.20. The van der Waals surface area contributed by atoms with Gasteiger partial charge in [0, 0.05) is 13.7 Å². The molecule has 0 aromatic heterocycles. The van der Waals surface area contributed by atoms with Crippen molar-refractivity contribution in [1.29, 1.82) is 0 Å². The minimum absolute atomic E-state index is 0.0191. The maximum atomic E-state index is 5.38. The fraction of sp³-hybridized carbons (Fsp3) is 1.00. The Morgan fingerprint density at radius 1 is 1.50 bits per heavy atom. The van der Waals surface area contributed by atoms with Crippen molar-refractivity contribution < 1.29 is 4.74 Å². The molecule has 2 nitrogen and oxygen atoms in total. The summed E-state index contributed by atoms with van der Waals surface area (Å²) in [5, 5.41) is 3.12. The van der Waals surface area contributed by atoms with Crippen LogP contribution in [0.2, 0.25) is 0 Å². The van der Waals surface area contributed by atoms with Gasteiger partial charge in [0.05, 0.1) is 5.60 Å². The van der Waals surface area contributed by atoms with E-state index in [-0.39, 0.29) is 5.60 Å². The van der Waals surface area contributed by atoms with Gasteiger partial charge in [-0.1, -0.05) is 13.8 Å². The average molecular weight is 145 g/mol. The van der Waals surface area contributed by atoms with Crippen LogP contribution in [0.15, 0.2) is 0 Å². The molecule has 0 saturated heterocycles. The van der Waals surface area contributed by atoms with E-state index in [1.807, 2.05) is 7.05 Å². The number of methoxy groups -OCH3 is 1. The molecule has 1 N–H and O–H groups in total. The number of nitrogens with one attached hydrogen (secondary N) is 1. The van der Waals surface area contributed by atoms with Gasteiger partial charge in [-0.05, 0) is 19.9 Å². The first-order valence-corrected chi connectivity index (χ1v) is 3.76. The molecule has 0 bridgehead atoms. The van der Waals surface area contributed by atoms with E-state index >= 15 is 0 Å². The summed E-state index contributed by atoms with van der Waals surface area (Å²) in [6.45, 7) is 7.36. The highest BCUT2D eigenvalue weighted by Crippen LogP contribution is 2.18. The lowest BCUT2D eigenvalue weighted by Gasteiger charge is -2.31. The minimum Gasteiger partial charge on any atom is -0.377 e. The number of hydrogen-bond acceptors (Lipinski definition) is 2. The molecule has 10 heavy (non-hydrogen) atoms. The first-order chi connectivity index (χ1) is 4.56. The second-order valence-corrected chi connectivity index (χ2v) is 3.20. The summed E-state index contributed by atoms with van der Waals surface area (Å²) < 4.78 is 5.38. The molecule has 0 aliphatic rings. The van der Waals surface area contributed by atoms with Crippen molar-refractivity contribution >= 4 is 0 Å². The van der Waals surface area contributed by atoms with Gasteiger partial charge >= 0.3 is 0 Å². The molecule has 0 heterocycles. The first-order valence-electron chi connectivity index (χ1n) is 3.76. The summed E-state index contributed by atoms with van der Waals surface area (Å²) in [7, 11) is 3.71. The van der Waals surface area contributed by atoms with Crippen molar-refractivity contribution in [2.24, 2.45) is 5.92 Å². The van der Waals surface area contributed by atoms with Crippen LogP contribution in [-0.4, -0.2) is 26.3 Å². The van der Waals surface area contributed by atoms with Gasteiger partial charge in [0.15, 0.2) is 0 Å². The highest BCUT2D eigenvalue weighted by Gasteiger charge is 2.26. The smallest absolute Gasteiger partial charge is 0.0797 e. The fourth-order valence-electron chi connectivity index (χ4n) is 0.863. The summed E-state index contributed by atoms with van der Waals surface area (Å²) in [6, 6.07) is 0. The summed E-state index contributed by atoms with van der Waals surface area (Å²) in [6.07, 6.45) is 0. The minimum atomic E-state index is -0.0191. The Morgan fingerprint density at radius 3 is 2.10 bits per heavy atom. The van der Waals surface area contributed by atoms with Crippen molar-refractivity contribution in [2.75, 3.05) is 20.7 Å². The molecule has 2 heteroatoms. The zero-order valence-electron chi connectivity index (χ0n) is 7.69. The van der Waals surface area contributed by atoms with Crippen molar-refractivity contribution in [3.8, 4) is 0 Å². The predicted octanol–water partition coefficient (Wildman–Crippen LogP) is 1.27. The number of rotatable bonds is 4. The van der Waals surface area contributed by atoms with Crippen LogP contribution in [0.5, 0.6) is 0 Å². The molecule has 0 amide bonds. The Labute approximate surface area is 64.0 Å². The third kappa shape index (κ3) is 2.27. The van der Waals surface area contributed by atoms with Gasteiger partial charge in [-0.25, -0.2) is 0 Å². The van der Waals surface area contributed by atoms with Crippen LogP contribution in [0.1, 0.15) is 20.8 Å². The van der Waals surface area contributed by atoms with Crippen molar-refractivity contribution in [2.45, 2.75) is 26.4 Å². The molecule has 0 aliphatic carbocycles. The second kappa shape index (κ2) is 3.94. The fourth-order valence-corrected chi connectivity index (χ4v) is 0.863. The van der Waals surface area contributed by atoms with Crippen LogP contribution in [0.3, 0.4) is 0 Å². The van der Waals surface area contributed by atoms with Crippen molar-refractivity contribution in [3.05, 3.63) is 0 Å². The quantitative estimate of drug-likeness (QED) is 0.643. The van der Waals surface area contributed by atoms with Crippen LogP contribution >= 0.6 is 0 Å². The lowest BCUT2D eigenvalue weighted by molar-refractivity contribution is -0.0292. The maximum Gasteiger partial charge on any atom is 0.0797 e. The lowest BCUT2D eigenvalue weighted by Crippen LogP contribution is -2.42. The number of hydrogen-bond donors (Lipinski definition) is 1. The second-order valence-electron chi connectivity index (χ2n) is 3.20. The van der Waals surface area contributed by atoms with E-state index in [1.165, 1.54) is 0 Å². The molecule has 0 rings (SSSR count). The Balaban J connectivity index is 3.94. The molecule has 0 fully saturated rings. The molecule has 0 saturated carbocycles. The van der Waals surface area contributed by atoms with E-state index in [9.17, 15) is 0 Å². The molecule has 0 radical (unpaired) electrons. The lowest BCUT2D eigenvalue weighted by atomic mass is 9.92. The molecule has 0 spiro atoms. The molecule has 1 unspecified atom stereocenters. The summed E-state index contributed by atoms with van der Waals surface area (Å²) in [4.78, 5) is 0. The molecular formula is C8H19NO. The molecule has 62 valence electrons. The van der Waals surface area contributed by atoms with Gasteiger partial charge in [-0.2, -0.15) is 0 Å². The van der Waals surface area contributed by atoms with Gasteiger partial charge in [-0.15, -0.1) is 0 Å². The van der Waals surface area contributed by atoms with Crippen LogP contribution in [0, 0.1) is 5.92 Å². The number of ether oxygens (including phenoxy) is 1. The highest BCUT2D eigenvalue weighted by molar-refractivity contribution is 4.80. The molecule has 1 atom stereocenters. The van der Waals surface area contributed by atoms with Crippen molar-refractivity contribution in [1.82, 2.24) is 5.32 Å². The topological polar surface area (TPSA) is 21.3 Å². The van der Waals surface area contributed by atoms with Crippen LogP contribution in [0.4, 0.5) is 0 Å². The van der Waals surface area contributed by atoms with E-state index in [4.69, 9.17) is 4.74 Å². The van der Waals surface area contributed by atoms with Gasteiger partial charge in [0.1, 0.15) is 0 Å². The van der Waals surface area contributed by atoms with Crippen LogP contribution < -0.4 is 5.32 Å². The monoisotopic (exact) mass is 145 g/mol. The van der Waals surface area contributed by atoms with E-state index in [0.29, 0.717) is 5.92 Å². The van der Waals surface area contributed by atoms with Crippen LogP contribution in [0.25, 0.3) is 0 Å². The van der Waals surface area contributed by atoms with Gasteiger partial charge in [-0.3, -0.25) is 0 Å². The summed E-state index contributed by atoms with van der Waals surface area (Å²) >= 11 is 0. The Kier molecular flexibility index (Phi) is 3.91. The molecular weight excluding hydrogens is 126 g/mol. The van der Waals surface area contributed by atoms with E-state index < -0.39 is 0 Å². The van der Waals surface area contributed by atoms with E-state index in [2.05, 4.69) is 26.1 Å². The van der Waals surface area contributed by atoms with Crippen molar-refractivity contribution in [3.63, 3.8) is 0 Å². The highest BCUT2D eigenvalue weighted by atomic mass is 16.5. The third-order valence-corrected chi connectivity index (χ3v) is 2.22. The standard InChI is InChI=1S/C8H19NO/c1-7(2)8(3,10-5)6-9-4/h7,9H,6H2,1-5H3. The SMILES string of the molecule is CNCC(C)(OC)C(C)C. The summed E-state index contributed by atoms with van der Waals surface area (Å²) in [5.41, 5.74) is -0.0191. The number of likely N-dealkylation sites (N-methyl/N-ethyl adjacent to an activating group) is 1. The zero-order valence-corrected chi connectivity index (χ0v) is 7.69. The largest absolute Gasteiger partial charge is 0.377 e. The summed E-state index contributed by atoms with van der Waals surface area (Å²) in [5.74, 6) is 0.546. The third-order valence-electron chi connectivity index (χ3n) is 2.22. The first kappa shape index (κ1) is 9.92. The van der Waals surface area contributed by atoms with Crippen LogP contribution in [-0.2, 0) is 4.74 Å². The maximum absolute atomic E-state index is 5.38. The van der Waals surface area contributed by atoms with E-state index in [0.717, 1.165) is 6.54 Å². The molecule has 0 aromatic carbocycles. The Hall–Kier alpha value is -0.0800. The Bertz CT molecular complexity index is 93.3. The van der Waals surface area contributed by atoms with Gasteiger partial charge in [0.25, 0.3) is 0 Å². The average Bonchev–Trinajstić information content (AvgIpc) is 1.88.